The van der Waals surface area contributed by atoms with Gasteiger partial charge in [-0.1, -0.05) is 38.1 Å². The Morgan fingerprint density at radius 1 is 1.14 bits per heavy atom. The standard InChI is InChI=1S/C22H36N4O.HI/c1-6-23-20(26-17-21(2,3)22(26,4)5)24-15-18-8-7-9-19(14-18)16-25-10-12-27-13-11-25;/h7-9,14H,6,10-13,15-17H2,1-5H3,(H,23,24);1H. The highest BCUT2D eigenvalue weighted by Gasteiger charge is 2.53. The molecule has 28 heavy (non-hydrogen) atoms. The Kier molecular flexibility index (Phi) is 8.16. The van der Waals surface area contributed by atoms with Crippen molar-refractivity contribution in [1.82, 2.24) is 15.1 Å². The summed E-state index contributed by atoms with van der Waals surface area (Å²) < 4.78 is 5.45. The summed E-state index contributed by atoms with van der Waals surface area (Å²) in [5.74, 6) is 1.03. The van der Waals surface area contributed by atoms with Crippen molar-refractivity contribution in [3.05, 3.63) is 35.4 Å². The van der Waals surface area contributed by atoms with E-state index in [1.165, 1.54) is 11.1 Å². The molecule has 6 heteroatoms. The van der Waals surface area contributed by atoms with Crippen LogP contribution in [0.2, 0.25) is 0 Å². The molecule has 1 aromatic rings. The van der Waals surface area contributed by atoms with Crippen molar-refractivity contribution < 1.29 is 4.74 Å². The zero-order chi connectivity index (χ0) is 19.5. The molecule has 2 heterocycles. The number of benzene rings is 1. The van der Waals surface area contributed by atoms with Gasteiger partial charge in [0.15, 0.2) is 5.96 Å². The maximum atomic E-state index is 5.45. The van der Waals surface area contributed by atoms with Crippen molar-refractivity contribution in [2.75, 3.05) is 39.4 Å². The molecule has 0 unspecified atom stereocenters. The first-order valence-corrected chi connectivity index (χ1v) is 10.3. The van der Waals surface area contributed by atoms with Crippen LogP contribution in [0.1, 0.15) is 45.7 Å². The number of morpholine rings is 1. The van der Waals surface area contributed by atoms with Crippen LogP contribution in [-0.2, 0) is 17.8 Å². The number of likely N-dealkylation sites (tertiary alicyclic amines) is 1. The van der Waals surface area contributed by atoms with E-state index in [4.69, 9.17) is 9.73 Å². The normalized spacial score (nSPS) is 21.6. The number of nitrogens with one attached hydrogen (secondary N) is 1. The molecule has 1 aromatic carbocycles. The fourth-order valence-corrected chi connectivity index (χ4v) is 3.80. The van der Waals surface area contributed by atoms with Crippen molar-refractivity contribution in [2.24, 2.45) is 10.4 Å². The van der Waals surface area contributed by atoms with E-state index in [0.717, 1.165) is 51.9 Å². The van der Waals surface area contributed by atoms with Crippen molar-refractivity contribution >= 4 is 29.9 Å². The second kappa shape index (κ2) is 9.76. The van der Waals surface area contributed by atoms with Gasteiger partial charge < -0.3 is 15.0 Å². The fraction of sp³-hybridized carbons (Fsp3) is 0.682. The average molecular weight is 500 g/mol. The maximum absolute atomic E-state index is 5.45. The van der Waals surface area contributed by atoms with E-state index in [1.807, 2.05) is 0 Å². The molecule has 0 amide bonds. The van der Waals surface area contributed by atoms with Crippen LogP contribution >= 0.6 is 24.0 Å². The molecule has 158 valence electrons. The summed E-state index contributed by atoms with van der Waals surface area (Å²) in [6, 6.07) is 8.86. The van der Waals surface area contributed by atoms with Gasteiger partial charge in [-0.05, 0) is 31.9 Å². The van der Waals surface area contributed by atoms with Crippen LogP contribution in [0.15, 0.2) is 29.3 Å². The number of ether oxygens (including phenoxy) is 1. The first-order chi connectivity index (χ1) is 12.8. The van der Waals surface area contributed by atoms with Crippen LogP contribution in [0.5, 0.6) is 0 Å². The molecule has 3 rings (SSSR count). The van der Waals surface area contributed by atoms with Gasteiger partial charge in [-0.25, -0.2) is 4.99 Å². The molecule has 0 bridgehead atoms. The molecule has 2 fully saturated rings. The summed E-state index contributed by atoms with van der Waals surface area (Å²) in [7, 11) is 0. The van der Waals surface area contributed by atoms with E-state index in [-0.39, 0.29) is 29.5 Å². The second-order valence-electron chi connectivity index (χ2n) is 8.91. The van der Waals surface area contributed by atoms with E-state index < -0.39 is 0 Å². The molecular weight excluding hydrogens is 463 g/mol. The zero-order valence-electron chi connectivity index (χ0n) is 18.1. The fourth-order valence-electron chi connectivity index (χ4n) is 3.80. The average Bonchev–Trinajstić information content (AvgIpc) is 2.64. The lowest BCUT2D eigenvalue weighted by atomic mass is 9.65. The van der Waals surface area contributed by atoms with Gasteiger partial charge in [-0.2, -0.15) is 0 Å². The van der Waals surface area contributed by atoms with Crippen LogP contribution in [0.25, 0.3) is 0 Å². The minimum absolute atomic E-state index is 0. The lowest BCUT2D eigenvalue weighted by Crippen LogP contribution is -2.72. The summed E-state index contributed by atoms with van der Waals surface area (Å²) >= 11 is 0. The first-order valence-electron chi connectivity index (χ1n) is 10.3. The maximum Gasteiger partial charge on any atom is 0.194 e. The lowest BCUT2D eigenvalue weighted by Gasteiger charge is -2.62. The predicted octanol–water partition coefficient (Wildman–Crippen LogP) is 3.72. The summed E-state index contributed by atoms with van der Waals surface area (Å²) in [5, 5.41) is 3.48. The molecule has 0 aromatic heterocycles. The van der Waals surface area contributed by atoms with E-state index in [9.17, 15) is 0 Å². The Morgan fingerprint density at radius 2 is 1.82 bits per heavy atom. The highest BCUT2D eigenvalue weighted by Crippen LogP contribution is 2.46. The molecule has 1 N–H and O–H groups in total. The molecule has 2 saturated heterocycles. The largest absolute Gasteiger partial charge is 0.379 e. The summed E-state index contributed by atoms with van der Waals surface area (Å²) in [6.45, 7) is 18.8. The molecule has 0 aliphatic carbocycles. The van der Waals surface area contributed by atoms with Crippen LogP contribution in [-0.4, -0.2) is 60.7 Å². The number of halogens is 1. The Balaban J connectivity index is 0.00000280. The van der Waals surface area contributed by atoms with Gasteiger partial charge in [-0.15, -0.1) is 24.0 Å². The van der Waals surface area contributed by atoms with Crippen molar-refractivity contribution in [1.29, 1.82) is 0 Å². The SMILES string of the molecule is CCNC(=NCc1cccc(CN2CCOCC2)c1)N1CC(C)(C)C1(C)C.I. The van der Waals surface area contributed by atoms with Gasteiger partial charge in [0, 0.05) is 43.7 Å². The number of hydrogen-bond acceptors (Lipinski definition) is 3. The summed E-state index contributed by atoms with van der Waals surface area (Å²) in [4.78, 5) is 9.82. The van der Waals surface area contributed by atoms with E-state index >= 15 is 0 Å². The van der Waals surface area contributed by atoms with E-state index in [0.29, 0.717) is 12.0 Å². The molecule has 5 nitrogen and oxygen atoms in total. The third-order valence-electron chi connectivity index (χ3n) is 6.39. The quantitative estimate of drug-likeness (QED) is 0.380. The topological polar surface area (TPSA) is 40.1 Å². The molecule has 2 aliphatic heterocycles. The van der Waals surface area contributed by atoms with Gasteiger partial charge in [0.05, 0.1) is 19.8 Å². The van der Waals surface area contributed by atoms with Crippen molar-refractivity contribution in [3.63, 3.8) is 0 Å². The van der Waals surface area contributed by atoms with Gasteiger partial charge >= 0.3 is 0 Å². The zero-order valence-corrected chi connectivity index (χ0v) is 20.5. The molecule has 0 radical (unpaired) electrons. The third kappa shape index (κ3) is 5.19. The third-order valence-corrected chi connectivity index (χ3v) is 6.39. The molecule has 0 spiro atoms. The Bertz CT molecular complexity index is 668. The Hall–Kier alpha value is -0.860. The van der Waals surface area contributed by atoms with Crippen LogP contribution < -0.4 is 5.32 Å². The smallest absolute Gasteiger partial charge is 0.194 e. The number of guanidine groups is 1. The Morgan fingerprint density at radius 3 is 2.43 bits per heavy atom. The van der Waals surface area contributed by atoms with Crippen LogP contribution in [0, 0.1) is 5.41 Å². The van der Waals surface area contributed by atoms with Gasteiger partial charge in [0.2, 0.25) is 0 Å². The highest BCUT2D eigenvalue weighted by molar-refractivity contribution is 14.0. The summed E-state index contributed by atoms with van der Waals surface area (Å²) in [6.07, 6.45) is 0. The van der Waals surface area contributed by atoms with Gasteiger partial charge in [0.1, 0.15) is 0 Å². The molecule has 2 aliphatic rings. The van der Waals surface area contributed by atoms with Crippen molar-refractivity contribution in [2.45, 2.75) is 53.2 Å². The second-order valence-corrected chi connectivity index (χ2v) is 8.91. The number of rotatable bonds is 5. The minimum atomic E-state index is 0. The van der Waals surface area contributed by atoms with Crippen molar-refractivity contribution in [3.8, 4) is 0 Å². The van der Waals surface area contributed by atoms with Gasteiger partial charge in [0.25, 0.3) is 0 Å². The highest BCUT2D eigenvalue weighted by atomic mass is 127. The van der Waals surface area contributed by atoms with E-state index in [1.54, 1.807) is 0 Å². The molecule has 0 saturated carbocycles. The number of aliphatic imine (C=N–C) groups is 1. The van der Waals surface area contributed by atoms with Crippen LogP contribution in [0.3, 0.4) is 0 Å². The van der Waals surface area contributed by atoms with Crippen LogP contribution in [0.4, 0.5) is 0 Å². The number of nitrogens with zero attached hydrogens (tertiary/aromatic N) is 3. The predicted molar refractivity (Wildman–Crippen MR) is 127 cm³/mol. The molecule has 0 atom stereocenters. The molecular formula is C22H37IN4O. The minimum Gasteiger partial charge on any atom is -0.379 e. The lowest BCUT2D eigenvalue weighted by molar-refractivity contribution is -0.0667. The first kappa shape index (κ1) is 23.4. The monoisotopic (exact) mass is 500 g/mol. The van der Waals surface area contributed by atoms with Gasteiger partial charge in [-0.3, -0.25) is 4.90 Å². The Labute approximate surface area is 187 Å². The summed E-state index contributed by atoms with van der Waals surface area (Å²) in [5.41, 5.74) is 3.06. The number of hydrogen-bond donors (Lipinski definition) is 1. The van der Waals surface area contributed by atoms with E-state index in [2.05, 4.69) is 74.0 Å².